The Bertz CT molecular complexity index is 1180. The summed E-state index contributed by atoms with van der Waals surface area (Å²) in [4.78, 5) is 26.2. The van der Waals surface area contributed by atoms with Crippen LogP contribution in [0.2, 0.25) is 0 Å². The van der Waals surface area contributed by atoms with Crippen molar-refractivity contribution in [1.29, 1.82) is 0 Å². The van der Waals surface area contributed by atoms with E-state index < -0.39 is 0 Å². The molecule has 31 heavy (non-hydrogen) atoms. The molecule has 0 saturated carbocycles. The first-order valence-electron chi connectivity index (χ1n) is 10.0. The Morgan fingerprint density at radius 2 is 1.77 bits per heavy atom. The minimum atomic E-state index is -0.343. The summed E-state index contributed by atoms with van der Waals surface area (Å²) in [7, 11) is 0. The molecular weight excluding hydrogens is 408 g/mol. The SMILES string of the molecule is CCc1ccccc1NC(=O)CNC(=O)c1cn(-c2ccccc2)nc1-c1cccs1. The van der Waals surface area contributed by atoms with Gasteiger partial charge in [0.15, 0.2) is 0 Å². The number of thiophene rings is 1. The lowest BCUT2D eigenvalue weighted by molar-refractivity contribution is -0.115. The van der Waals surface area contributed by atoms with Crippen LogP contribution in [0.1, 0.15) is 22.8 Å². The van der Waals surface area contributed by atoms with Crippen LogP contribution in [0.15, 0.2) is 78.3 Å². The van der Waals surface area contributed by atoms with Gasteiger partial charge in [0.1, 0.15) is 5.69 Å². The number of amides is 2. The van der Waals surface area contributed by atoms with E-state index in [4.69, 9.17) is 0 Å². The van der Waals surface area contributed by atoms with Gasteiger partial charge in [0.2, 0.25) is 5.91 Å². The molecule has 2 heterocycles. The monoisotopic (exact) mass is 430 g/mol. The van der Waals surface area contributed by atoms with Gasteiger partial charge in [-0.05, 0) is 41.6 Å². The highest BCUT2D eigenvalue weighted by Crippen LogP contribution is 2.27. The quantitative estimate of drug-likeness (QED) is 0.452. The van der Waals surface area contributed by atoms with Crippen LogP contribution in [0, 0.1) is 0 Å². The minimum absolute atomic E-state index is 0.128. The maximum Gasteiger partial charge on any atom is 0.255 e. The lowest BCUT2D eigenvalue weighted by atomic mass is 10.1. The van der Waals surface area contributed by atoms with Crippen molar-refractivity contribution in [3.8, 4) is 16.3 Å². The normalized spacial score (nSPS) is 10.6. The summed E-state index contributed by atoms with van der Waals surface area (Å²) in [5, 5.41) is 12.2. The van der Waals surface area contributed by atoms with Gasteiger partial charge in [0.05, 0.1) is 22.7 Å². The van der Waals surface area contributed by atoms with Gasteiger partial charge in [-0.2, -0.15) is 5.10 Å². The highest BCUT2D eigenvalue weighted by atomic mass is 32.1. The summed E-state index contributed by atoms with van der Waals surface area (Å²) in [5.74, 6) is -0.619. The van der Waals surface area contributed by atoms with Crippen molar-refractivity contribution in [2.45, 2.75) is 13.3 Å². The molecule has 0 atom stereocenters. The Balaban J connectivity index is 1.51. The number of hydrogen-bond donors (Lipinski definition) is 2. The summed E-state index contributed by atoms with van der Waals surface area (Å²) in [6, 6.07) is 21.1. The average Bonchev–Trinajstić information content (AvgIpc) is 3.48. The third-order valence-electron chi connectivity index (χ3n) is 4.82. The second-order valence-corrected chi connectivity index (χ2v) is 7.84. The van der Waals surface area contributed by atoms with Crippen LogP contribution in [0.5, 0.6) is 0 Å². The third kappa shape index (κ3) is 4.73. The van der Waals surface area contributed by atoms with E-state index in [2.05, 4.69) is 15.7 Å². The van der Waals surface area contributed by atoms with Gasteiger partial charge in [-0.3, -0.25) is 9.59 Å². The van der Waals surface area contributed by atoms with Crippen LogP contribution < -0.4 is 10.6 Å². The molecule has 4 rings (SSSR count). The number of nitrogens with one attached hydrogen (secondary N) is 2. The van der Waals surface area contributed by atoms with Crippen molar-refractivity contribution in [2.24, 2.45) is 0 Å². The summed E-state index contributed by atoms with van der Waals surface area (Å²) < 4.78 is 1.68. The highest BCUT2D eigenvalue weighted by molar-refractivity contribution is 7.13. The predicted octanol–water partition coefficient (Wildman–Crippen LogP) is 4.53. The van der Waals surface area contributed by atoms with Gasteiger partial charge in [-0.1, -0.05) is 49.4 Å². The fourth-order valence-corrected chi connectivity index (χ4v) is 3.97. The molecule has 0 spiro atoms. The molecule has 2 N–H and O–H groups in total. The largest absolute Gasteiger partial charge is 0.343 e. The second-order valence-electron chi connectivity index (χ2n) is 6.89. The van der Waals surface area contributed by atoms with Crippen LogP contribution in [0.4, 0.5) is 5.69 Å². The van der Waals surface area contributed by atoms with Crippen LogP contribution in [-0.4, -0.2) is 28.1 Å². The number of aromatic nitrogens is 2. The number of rotatable bonds is 7. The Kier molecular flexibility index (Phi) is 6.24. The number of carbonyl (C=O) groups is 2. The minimum Gasteiger partial charge on any atom is -0.343 e. The summed E-state index contributed by atoms with van der Waals surface area (Å²) in [6.45, 7) is 1.90. The molecule has 7 heteroatoms. The van der Waals surface area contributed by atoms with Crippen molar-refractivity contribution >= 4 is 28.8 Å². The van der Waals surface area contributed by atoms with Crippen molar-refractivity contribution in [3.05, 3.63) is 89.4 Å². The molecule has 0 aliphatic carbocycles. The standard InChI is InChI=1S/C24H22N4O2S/c1-2-17-9-6-7-12-20(17)26-22(29)15-25-24(30)19-16-28(18-10-4-3-5-11-18)27-23(19)21-13-8-14-31-21/h3-14,16H,2,15H2,1H3,(H,25,30)(H,26,29). The Morgan fingerprint density at radius 1 is 1.00 bits per heavy atom. The van der Waals surface area contributed by atoms with Gasteiger partial charge < -0.3 is 10.6 Å². The first-order chi connectivity index (χ1) is 15.2. The highest BCUT2D eigenvalue weighted by Gasteiger charge is 2.20. The molecule has 6 nitrogen and oxygen atoms in total. The van der Waals surface area contributed by atoms with Gasteiger partial charge in [-0.15, -0.1) is 11.3 Å². The number of aryl methyl sites for hydroxylation is 1. The van der Waals surface area contributed by atoms with E-state index in [1.807, 2.05) is 79.0 Å². The second kappa shape index (κ2) is 9.40. The van der Waals surface area contributed by atoms with Gasteiger partial charge >= 0.3 is 0 Å². The van der Waals surface area contributed by atoms with Crippen LogP contribution in [0.25, 0.3) is 16.3 Å². The number of hydrogen-bond acceptors (Lipinski definition) is 4. The Hall–Kier alpha value is -3.71. The summed E-state index contributed by atoms with van der Waals surface area (Å²) in [5.41, 5.74) is 3.68. The van der Waals surface area contributed by atoms with E-state index in [0.29, 0.717) is 11.3 Å². The zero-order valence-electron chi connectivity index (χ0n) is 17.0. The molecular formula is C24H22N4O2S. The molecule has 0 saturated heterocycles. The average molecular weight is 431 g/mol. The van der Waals surface area contributed by atoms with Crippen LogP contribution in [-0.2, 0) is 11.2 Å². The smallest absolute Gasteiger partial charge is 0.255 e. The third-order valence-corrected chi connectivity index (χ3v) is 5.69. The van der Waals surface area contributed by atoms with Crippen LogP contribution in [0.3, 0.4) is 0 Å². The lowest BCUT2D eigenvalue weighted by Gasteiger charge is -2.10. The van der Waals surface area contributed by atoms with E-state index in [1.54, 1.807) is 10.9 Å². The molecule has 4 aromatic rings. The van der Waals surface area contributed by atoms with E-state index in [1.165, 1.54) is 11.3 Å². The first kappa shape index (κ1) is 20.6. The molecule has 0 radical (unpaired) electrons. The number of nitrogens with zero attached hydrogens (tertiary/aromatic N) is 2. The van der Waals surface area contributed by atoms with Crippen molar-refractivity contribution < 1.29 is 9.59 Å². The van der Waals surface area contributed by atoms with Gasteiger partial charge in [-0.25, -0.2) is 4.68 Å². The van der Waals surface area contributed by atoms with Crippen molar-refractivity contribution in [2.75, 3.05) is 11.9 Å². The lowest BCUT2D eigenvalue weighted by Crippen LogP contribution is -2.33. The number of anilines is 1. The van der Waals surface area contributed by atoms with E-state index >= 15 is 0 Å². The molecule has 0 fully saturated rings. The zero-order chi connectivity index (χ0) is 21.6. The maximum absolute atomic E-state index is 12.9. The molecule has 0 aliphatic rings. The molecule has 2 aromatic heterocycles. The molecule has 156 valence electrons. The fourth-order valence-electron chi connectivity index (χ4n) is 3.25. The molecule has 0 aliphatic heterocycles. The predicted molar refractivity (Wildman–Crippen MR) is 124 cm³/mol. The van der Waals surface area contributed by atoms with E-state index in [-0.39, 0.29) is 18.4 Å². The zero-order valence-corrected chi connectivity index (χ0v) is 17.9. The van der Waals surface area contributed by atoms with Gasteiger partial charge in [0.25, 0.3) is 5.91 Å². The summed E-state index contributed by atoms with van der Waals surface area (Å²) in [6.07, 6.45) is 2.51. The van der Waals surface area contributed by atoms with Crippen molar-refractivity contribution in [3.63, 3.8) is 0 Å². The van der Waals surface area contributed by atoms with Crippen LogP contribution >= 0.6 is 11.3 Å². The van der Waals surface area contributed by atoms with E-state index in [0.717, 1.165) is 28.2 Å². The first-order valence-corrected chi connectivity index (χ1v) is 10.9. The molecule has 2 aromatic carbocycles. The molecule has 2 amide bonds. The van der Waals surface area contributed by atoms with Gasteiger partial charge in [0, 0.05) is 11.9 Å². The molecule has 0 unspecified atom stereocenters. The number of benzene rings is 2. The number of para-hydroxylation sites is 2. The Labute approximate surface area is 184 Å². The fraction of sp³-hybridized carbons (Fsp3) is 0.125. The maximum atomic E-state index is 12.9. The molecule has 0 bridgehead atoms. The van der Waals surface area contributed by atoms with Crippen molar-refractivity contribution in [1.82, 2.24) is 15.1 Å². The number of carbonyl (C=O) groups excluding carboxylic acids is 2. The summed E-state index contributed by atoms with van der Waals surface area (Å²) >= 11 is 1.51. The topological polar surface area (TPSA) is 76.0 Å². The Morgan fingerprint density at radius 3 is 2.52 bits per heavy atom. The van der Waals surface area contributed by atoms with E-state index in [9.17, 15) is 9.59 Å².